The van der Waals surface area contributed by atoms with Gasteiger partial charge < -0.3 is 5.32 Å². The Hall–Kier alpha value is -0.0800. The van der Waals surface area contributed by atoms with Gasteiger partial charge in [-0.05, 0) is 50.6 Å². The van der Waals surface area contributed by atoms with Gasteiger partial charge in [-0.3, -0.25) is 4.90 Å². The van der Waals surface area contributed by atoms with E-state index in [9.17, 15) is 0 Å². The molecule has 0 aromatic heterocycles. The van der Waals surface area contributed by atoms with Crippen LogP contribution in [0.25, 0.3) is 0 Å². The summed E-state index contributed by atoms with van der Waals surface area (Å²) in [6.07, 6.45) is 11.3. The first kappa shape index (κ1) is 14.3. The fourth-order valence-electron chi connectivity index (χ4n) is 4.09. The van der Waals surface area contributed by atoms with Crippen LogP contribution in [-0.2, 0) is 0 Å². The number of nitrogens with one attached hydrogen (secondary N) is 1. The van der Waals surface area contributed by atoms with E-state index < -0.39 is 0 Å². The molecule has 2 unspecified atom stereocenters. The van der Waals surface area contributed by atoms with E-state index in [4.69, 9.17) is 0 Å². The van der Waals surface area contributed by atoms with E-state index in [-0.39, 0.29) is 0 Å². The number of rotatable bonds is 5. The summed E-state index contributed by atoms with van der Waals surface area (Å²) in [6.45, 7) is 9.93. The van der Waals surface area contributed by atoms with Crippen LogP contribution in [-0.4, -0.2) is 37.1 Å². The molecule has 2 heterocycles. The van der Waals surface area contributed by atoms with Crippen LogP contribution in [0.15, 0.2) is 0 Å². The number of likely N-dealkylation sites (tertiary alicyclic amines) is 1. The van der Waals surface area contributed by atoms with Crippen molar-refractivity contribution in [3.05, 3.63) is 0 Å². The zero-order chi connectivity index (χ0) is 12.8. The lowest BCUT2D eigenvalue weighted by Crippen LogP contribution is -2.44. The summed E-state index contributed by atoms with van der Waals surface area (Å²) >= 11 is 0. The molecule has 0 spiro atoms. The third-order valence-corrected chi connectivity index (χ3v) is 5.12. The molecule has 0 aliphatic carbocycles. The average molecular weight is 252 g/mol. The van der Waals surface area contributed by atoms with E-state index in [0.717, 1.165) is 6.04 Å². The van der Waals surface area contributed by atoms with Gasteiger partial charge in [0.2, 0.25) is 0 Å². The molecule has 0 saturated carbocycles. The first-order chi connectivity index (χ1) is 8.79. The molecule has 0 bridgehead atoms. The van der Waals surface area contributed by atoms with Crippen molar-refractivity contribution in [2.24, 2.45) is 5.41 Å². The van der Waals surface area contributed by atoms with E-state index in [1.165, 1.54) is 77.5 Å². The van der Waals surface area contributed by atoms with E-state index >= 15 is 0 Å². The number of hydrogen-bond donors (Lipinski definition) is 1. The Morgan fingerprint density at radius 1 is 1.22 bits per heavy atom. The summed E-state index contributed by atoms with van der Waals surface area (Å²) in [4.78, 5) is 2.84. The Kier molecular flexibility index (Phi) is 5.50. The van der Waals surface area contributed by atoms with Crippen LogP contribution < -0.4 is 5.32 Å². The first-order valence-electron chi connectivity index (χ1n) is 8.24. The molecule has 2 aliphatic heterocycles. The topological polar surface area (TPSA) is 15.3 Å². The molecule has 2 nitrogen and oxygen atoms in total. The molecular weight excluding hydrogens is 220 g/mol. The smallest absolute Gasteiger partial charge is 0.00928 e. The number of nitrogens with zero attached hydrogens (tertiary/aromatic N) is 1. The summed E-state index contributed by atoms with van der Waals surface area (Å²) < 4.78 is 0. The summed E-state index contributed by atoms with van der Waals surface area (Å²) in [5.74, 6) is 0. The predicted molar refractivity (Wildman–Crippen MR) is 78.9 cm³/mol. The van der Waals surface area contributed by atoms with Gasteiger partial charge in [-0.25, -0.2) is 0 Å². The van der Waals surface area contributed by atoms with Crippen molar-refractivity contribution in [1.82, 2.24) is 10.2 Å². The van der Waals surface area contributed by atoms with Crippen molar-refractivity contribution in [3.63, 3.8) is 0 Å². The van der Waals surface area contributed by atoms with Crippen LogP contribution in [0.5, 0.6) is 0 Å². The second kappa shape index (κ2) is 6.91. The Labute approximate surface area is 114 Å². The third kappa shape index (κ3) is 3.48. The van der Waals surface area contributed by atoms with Gasteiger partial charge in [-0.15, -0.1) is 0 Å². The van der Waals surface area contributed by atoms with Crippen LogP contribution in [0.1, 0.15) is 65.2 Å². The summed E-state index contributed by atoms with van der Waals surface area (Å²) in [5, 5.41) is 3.61. The van der Waals surface area contributed by atoms with E-state index in [2.05, 4.69) is 24.1 Å². The maximum atomic E-state index is 3.61. The van der Waals surface area contributed by atoms with Crippen molar-refractivity contribution >= 4 is 0 Å². The van der Waals surface area contributed by atoms with Gasteiger partial charge in [-0.1, -0.05) is 33.1 Å². The predicted octanol–water partition coefficient (Wildman–Crippen LogP) is 3.42. The lowest BCUT2D eigenvalue weighted by molar-refractivity contribution is 0.110. The molecule has 2 saturated heterocycles. The van der Waals surface area contributed by atoms with Gasteiger partial charge in [0.1, 0.15) is 0 Å². The normalized spacial score (nSPS) is 34.7. The van der Waals surface area contributed by atoms with Gasteiger partial charge in [0.15, 0.2) is 0 Å². The Morgan fingerprint density at radius 2 is 2.11 bits per heavy atom. The number of hydrogen-bond acceptors (Lipinski definition) is 2. The van der Waals surface area contributed by atoms with Crippen molar-refractivity contribution in [2.75, 3.05) is 26.2 Å². The van der Waals surface area contributed by atoms with Gasteiger partial charge >= 0.3 is 0 Å². The van der Waals surface area contributed by atoms with E-state index in [1.54, 1.807) is 0 Å². The molecule has 2 atom stereocenters. The Morgan fingerprint density at radius 3 is 2.78 bits per heavy atom. The van der Waals surface area contributed by atoms with Crippen LogP contribution in [0.2, 0.25) is 0 Å². The largest absolute Gasteiger partial charge is 0.316 e. The fraction of sp³-hybridized carbons (Fsp3) is 1.00. The molecule has 2 fully saturated rings. The van der Waals surface area contributed by atoms with Gasteiger partial charge in [0.25, 0.3) is 0 Å². The second-order valence-corrected chi connectivity index (χ2v) is 6.56. The highest BCUT2D eigenvalue weighted by Crippen LogP contribution is 2.34. The molecular formula is C16H32N2. The van der Waals surface area contributed by atoms with Crippen LogP contribution in [0.4, 0.5) is 0 Å². The molecule has 2 aliphatic rings. The van der Waals surface area contributed by atoms with Crippen molar-refractivity contribution in [3.8, 4) is 0 Å². The molecule has 2 rings (SSSR count). The maximum Gasteiger partial charge on any atom is 0.00928 e. The van der Waals surface area contributed by atoms with Crippen LogP contribution in [0, 0.1) is 5.41 Å². The zero-order valence-corrected chi connectivity index (χ0v) is 12.5. The Bertz CT molecular complexity index is 233. The highest BCUT2D eigenvalue weighted by Gasteiger charge is 2.36. The summed E-state index contributed by atoms with van der Waals surface area (Å²) in [5.41, 5.74) is 0.590. The standard InChI is InChI=1S/C16H32N2/c1-3-9-16(10-11-17-13-16)14-18-12-7-5-6-8-15(18)4-2/h15,17H,3-14H2,1-2H3. The van der Waals surface area contributed by atoms with E-state index in [1.807, 2.05) is 0 Å². The van der Waals surface area contributed by atoms with Crippen LogP contribution in [0.3, 0.4) is 0 Å². The monoisotopic (exact) mass is 252 g/mol. The molecule has 18 heavy (non-hydrogen) atoms. The van der Waals surface area contributed by atoms with Crippen molar-refractivity contribution in [2.45, 2.75) is 71.3 Å². The van der Waals surface area contributed by atoms with Crippen molar-refractivity contribution < 1.29 is 0 Å². The van der Waals surface area contributed by atoms with Gasteiger partial charge in [0, 0.05) is 19.1 Å². The molecule has 1 N–H and O–H groups in total. The maximum absolute atomic E-state index is 3.61. The average Bonchev–Trinajstić information content (AvgIpc) is 2.70. The molecule has 106 valence electrons. The molecule has 0 aromatic rings. The first-order valence-corrected chi connectivity index (χ1v) is 8.24. The van der Waals surface area contributed by atoms with Crippen LogP contribution >= 0.6 is 0 Å². The summed E-state index contributed by atoms with van der Waals surface area (Å²) in [6, 6.07) is 0.863. The highest BCUT2D eigenvalue weighted by molar-refractivity contribution is 4.92. The van der Waals surface area contributed by atoms with Crippen molar-refractivity contribution in [1.29, 1.82) is 0 Å². The van der Waals surface area contributed by atoms with E-state index in [0.29, 0.717) is 5.41 Å². The lowest BCUT2D eigenvalue weighted by atomic mass is 9.81. The van der Waals surface area contributed by atoms with Gasteiger partial charge in [0.05, 0.1) is 0 Å². The minimum absolute atomic E-state index is 0.590. The minimum atomic E-state index is 0.590. The second-order valence-electron chi connectivity index (χ2n) is 6.56. The quantitative estimate of drug-likeness (QED) is 0.806. The molecule has 0 amide bonds. The Balaban J connectivity index is 1.99. The minimum Gasteiger partial charge on any atom is -0.316 e. The molecule has 0 aromatic carbocycles. The summed E-state index contributed by atoms with van der Waals surface area (Å²) in [7, 11) is 0. The third-order valence-electron chi connectivity index (χ3n) is 5.12. The highest BCUT2D eigenvalue weighted by atomic mass is 15.2. The SMILES string of the molecule is CCCC1(CN2CCCCCC2CC)CCNC1. The van der Waals surface area contributed by atoms with Gasteiger partial charge in [-0.2, -0.15) is 0 Å². The molecule has 2 heteroatoms. The lowest BCUT2D eigenvalue weighted by Gasteiger charge is -2.38. The fourth-order valence-corrected chi connectivity index (χ4v) is 4.09. The molecule has 0 radical (unpaired) electrons. The zero-order valence-electron chi connectivity index (χ0n) is 12.5.